The lowest BCUT2D eigenvalue weighted by Crippen LogP contribution is -2.28. The molecule has 1 aromatic carbocycles. The summed E-state index contributed by atoms with van der Waals surface area (Å²) in [6.45, 7) is 2.17. The number of imidazole rings is 1. The third-order valence-corrected chi connectivity index (χ3v) is 3.70. The minimum absolute atomic E-state index is 0.0427. The van der Waals surface area contributed by atoms with Crippen LogP contribution in [0.1, 0.15) is 24.3 Å². The average molecular weight is 231 g/mol. The molecule has 1 aliphatic rings. The van der Waals surface area contributed by atoms with Crippen LogP contribution < -0.4 is 11.0 Å². The van der Waals surface area contributed by atoms with Gasteiger partial charge in [0.1, 0.15) is 0 Å². The normalized spacial score (nSPS) is 20.9. The van der Waals surface area contributed by atoms with E-state index in [0.717, 1.165) is 24.1 Å². The van der Waals surface area contributed by atoms with E-state index in [2.05, 4.69) is 22.4 Å². The van der Waals surface area contributed by atoms with Gasteiger partial charge in [0.2, 0.25) is 0 Å². The molecule has 1 atom stereocenters. The monoisotopic (exact) mass is 231 g/mol. The number of hydrogen-bond acceptors (Lipinski definition) is 2. The maximum absolute atomic E-state index is 11.5. The third-order valence-electron chi connectivity index (χ3n) is 3.70. The third kappa shape index (κ3) is 1.78. The smallest absolute Gasteiger partial charge is 0.316 e. The van der Waals surface area contributed by atoms with Crippen LogP contribution in [0.4, 0.5) is 0 Å². The van der Waals surface area contributed by atoms with Crippen LogP contribution >= 0.6 is 0 Å². The standard InChI is InChI=1S/C13H17N3O/c1-16-12-5-4-9(7-11(12)15-13(16)17)10-3-2-6-14-8-10/h4-5,7,10,14H,2-3,6,8H2,1H3,(H,15,17). The molecule has 0 bridgehead atoms. The van der Waals surface area contributed by atoms with Crippen molar-refractivity contribution in [1.29, 1.82) is 0 Å². The fourth-order valence-corrected chi connectivity index (χ4v) is 2.64. The molecule has 1 unspecified atom stereocenters. The van der Waals surface area contributed by atoms with Gasteiger partial charge in [-0.15, -0.1) is 0 Å². The summed E-state index contributed by atoms with van der Waals surface area (Å²) in [4.78, 5) is 14.4. The summed E-state index contributed by atoms with van der Waals surface area (Å²) in [6.07, 6.45) is 2.46. The lowest BCUT2D eigenvalue weighted by atomic mass is 9.91. The molecule has 2 N–H and O–H groups in total. The molecule has 1 aliphatic heterocycles. The van der Waals surface area contributed by atoms with Crippen LogP contribution in [-0.2, 0) is 7.05 Å². The van der Waals surface area contributed by atoms with E-state index in [1.807, 2.05) is 6.07 Å². The van der Waals surface area contributed by atoms with E-state index in [4.69, 9.17) is 0 Å². The Morgan fingerprint density at radius 2 is 2.29 bits per heavy atom. The van der Waals surface area contributed by atoms with Crippen molar-refractivity contribution in [3.63, 3.8) is 0 Å². The van der Waals surface area contributed by atoms with Crippen LogP contribution in [0.3, 0.4) is 0 Å². The number of rotatable bonds is 1. The first-order valence-electron chi connectivity index (χ1n) is 6.15. The highest BCUT2D eigenvalue weighted by Crippen LogP contribution is 2.25. The molecule has 3 rings (SSSR count). The zero-order valence-corrected chi connectivity index (χ0v) is 9.99. The largest absolute Gasteiger partial charge is 0.326 e. The molecule has 90 valence electrons. The quantitative estimate of drug-likeness (QED) is 0.778. The molecule has 17 heavy (non-hydrogen) atoms. The van der Waals surface area contributed by atoms with Crippen LogP contribution in [0, 0.1) is 0 Å². The number of nitrogens with one attached hydrogen (secondary N) is 2. The van der Waals surface area contributed by atoms with Crippen molar-refractivity contribution < 1.29 is 0 Å². The molecule has 1 saturated heterocycles. The van der Waals surface area contributed by atoms with Crippen molar-refractivity contribution in [2.24, 2.45) is 7.05 Å². The SMILES string of the molecule is Cn1c(=O)[nH]c2cc(C3CCCNC3)ccc21. The summed E-state index contributed by atoms with van der Waals surface area (Å²) in [5.74, 6) is 0.580. The molecular formula is C13H17N3O. The number of aryl methyl sites for hydroxylation is 1. The Balaban J connectivity index is 2.04. The number of fused-ring (bicyclic) bond motifs is 1. The predicted octanol–water partition coefficient (Wildman–Crippen LogP) is 1.33. The van der Waals surface area contributed by atoms with Gasteiger partial charge in [0.25, 0.3) is 0 Å². The molecule has 4 heteroatoms. The van der Waals surface area contributed by atoms with Gasteiger partial charge in [-0.2, -0.15) is 0 Å². The van der Waals surface area contributed by atoms with E-state index in [-0.39, 0.29) is 5.69 Å². The van der Waals surface area contributed by atoms with E-state index >= 15 is 0 Å². The molecule has 2 heterocycles. The lowest BCUT2D eigenvalue weighted by molar-refractivity contribution is 0.462. The second kappa shape index (κ2) is 4.04. The number of aromatic nitrogens is 2. The number of hydrogen-bond donors (Lipinski definition) is 2. The van der Waals surface area contributed by atoms with Crippen molar-refractivity contribution in [2.75, 3.05) is 13.1 Å². The van der Waals surface area contributed by atoms with Gasteiger partial charge in [-0.25, -0.2) is 4.79 Å². The van der Waals surface area contributed by atoms with E-state index in [1.54, 1.807) is 11.6 Å². The molecular weight excluding hydrogens is 214 g/mol. The van der Waals surface area contributed by atoms with E-state index in [1.165, 1.54) is 18.4 Å². The highest BCUT2D eigenvalue weighted by molar-refractivity contribution is 5.76. The Morgan fingerprint density at radius 3 is 3.06 bits per heavy atom. The van der Waals surface area contributed by atoms with E-state index < -0.39 is 0 Å². The Labute approximate surface area is 99.6 Å². The summed E-state index contributed by atoms with van der Waals surface area (Å²) < 4.78 is 1.65. The fourth-order valence-electron chi connectivity index (χ4n) is 2.64. The highest BCUT2D eigenvalue weighted by Gasteiger charge is 2.16. The fraction of sp³-hybridized carbons (Fsp3) is 0.462. The molecule has 0 spiro atoms. The van der Waals surface area contributed by atoms with Crippen LogP contribution in [0.5, 0.6) is 0 Å². The van der Waals surface area contributed by atoms with Gasteiger partial charge in [0.05, 0.1) is 11.0 Å². The molecule has 0 amide bonds. The number of benzene rings is 1. The topological polar surface area (TPSA) is 49.8 Å². The molecule has 1 aromatic heterocycles. The minimum atomic E-state index is -0.0427. The molecule has 4 nitrogen and oxygen atoms in total. The summed E-state index contributed by atoms with van der Waals surface area (Å²) in [5.41, 5.74) is 3.20. The average Bonchev–Trinajstić information content (AvgIpc) is 2.66. The zero-order valence-electron chi connectivity index (χ0n) is 9.99. The van der Waals surface area contributed by atoms with Gasteiger partial charge in [0.15, 0.2) is 0 Å². The van der Waals surface area contributed by atoms with Crippen LogP contribution in [0.25, 0.3) is 11.0 Å². The number of aromatic amines is 1. The second-order valence-corrected chi connectivity index (χ2v) is 4.81. The first-order chi connectivity index (χ1) is 8.25. The predicted molar refractivity (Wildman–Crippen MR) is 68.4 cm³/mol. The molecule has 2 aromatic rings. The molecule has 0 saturated carbocycles. The van der Waals surface area contributed by atoms with Crippen molar-refractivity contribution in [3.8, 4) is 0 Å². The Bertz CT molecular complexity index is 590. The minimum Gasteiger partial charge on any atom is -0.316 e. The molecule has 1 fully saturated rings. The summed E-state index contributed by atoms with van der Waals surface area (Å²) in [5, 5.41) is 3.42. The maximum atomic E-state index is 11.5. The number of piperidine rings is 1. The van der Waals surface area contributed by atoms with Gasteiger partial charge in [0, 0.05) is 13.6 Å². The summed E-state index contributed by atoms with van der Waals surface area (Å²) >= 11 is 0. The number of nitrogens with zero attached hydrogens (tertiary/aromatic N) is 1. The van der Waals surface area contributed by atoms with Gasteiger partial charge >= 0.3 is 5.69 Å². The van der Waals surface area contributed by atoms with Crippen LogP contribution in [0.15, 0.2) is 23.0 Å². The van der Waals surface area contributed by atoms with Gasteiger partial charge in [-0.3, -0.25) is 4.57 Å². The second-order valence-electron chi connectivity index (χ2n) is 4.81. The Morgan fingerprint density at radius 1 is 1.41 bits per heavy atom. The summed E-state index contributed by atoms with van der Waals surface area (Å²) in [6, 6.07) is 6.30. The lowest BCUT2D eigenvalue weighted by Gasteiger charge is -2.23. The number of H-pyrrole nitrogens is 1. The van der Waals surface area contributed by atoms with Crippen molar-refractivity contribution in [2.45, 2.75) is 18.8 Å². The first-order valence-corrected chi connectivity index (χ1v) is 6.15. The zero-order chi connectivity index (χ0) is 11.8. The summed E-state index contributed by atoms with van der Waals surface area (Å²) in [7, 11) is 1.79. The van der Waals surface area contributed by atoms with E-state index in [0.29, 0.717) is 5.92 Å². The highest BCUT2D eigenvalue weighted by atomic mass is 16.1. The van der Waals surface area contributed by atoms with Crippen LogP contribution in [0.2, 0.25) is 0 Å². The van der Waals surface area contributed by atoms with Crippen LogP contribution in [-0.4, -0.2) is 22.6 Å². The van der Waals surface area contributed by atoms with Crippen molar-refractivity contribution >= 4 is 11.0 Å². The molecule has 0 aliphatic carbocycles. The van der Waals surface area contributed by atoms with Gasteiger partial charge in [-0.1, -0.05) is 6.07 Å². The Kier molecular flexibility index (Phi) is 2.52. The van der Waals surface area contributed by atoms with E-state index in [9.17, 15) is 4.79 Å². The molecule has 0 radical (unpaired) electrons. The van der Waals surface area contributed by atoms with Crippen molar-refractivity contribution in [1.82, 2.24) is 14.9 Å². The van der Waals surface area contributed by atoms with Crippen molar-refractivity contribution in [3.05, 3.63) is 34.2 Å². The maximum Gasteiger partial charge on any atom is 0.326 e. The van der Waals surface area contributed by atoms with Gasteiger partial charge in [-0.05, 0) is 43.0 Å². The van der Waals surface area contributed by atoms with Gasteiger partial charge < -0.3 is 10.3 Å². The first kappa shape index (κ1) is 10.6. The Hall–Kier alpha value is -1.55.